The van der Waals surface area contributed by atoms with Crippen LogP contribution in [0.3, 0.4) is 0 Å². The minimum atomic E-state index is -1.04. The number of hydrogen-bond donors (Lipinski definition) is 2. The lowest BCUT2D eigenvalue weighted by molar-refractivity contribution is -0.149. The number of carbonyl (C=O) groups excluding carboxylic acids is 2. The van der Waals surface area contributed by atoms with Gasteiger partial charge in [0.25, 0.3) is 0 Å². The van der Waals surface area contributed by atoms with Crippen LogP contribution in [0.5, 0.6) is 0 Å². The van der Waals surface area contributed by atoms with Crippen molar-refractivity contribution >= 4 is 18.0 Å². The molecule has 1 saturated carbocycles. The molecule has 0 unspecified atom stereocenters. The van der Waals surface area contributed by atoms with Crippen molar-refractivity contribution in [3.05, 3.63) is 59.7 Å². The number of nitrogens with one attached hydrogen (secondary N) is 1. The summed E-state index contributed by atoms with van der Waals surface area (Å²) in [6.45, 7) is 1.73. The molecule has 2 N–H and O–H groups in total. The van der Waals surface area contributed by atoms with Crippen LogP contribution in [0.15, 0.2) is 48.5 Å². The highest BCUT2D eigenvalue weighted by Crippen LogP contribution is 2.44. The summed E-state index contributed by atoms with van der Waals surface area (Å²) in [5.74, 6) is -1.53. The predicted octanol–water partition coefficient (Wildman–Crippen LogP) is 3.63. The van der Waals surface area contributed by atoms with Gasteiger partial charge in [-0.25, -0.2) is 9.59 Å². The Hall–Kier alpha value is -3.35. The van der Waals surface area contributed by atoms with Gasteiger partial charge in [0.2, 0.25) is 5.91 Å². The van der Waals surface area contributed by atoms with Gasteiger partial charge in [0.15, 0.2) is 0 Å². The minimum absolute atomic E-state index is 0.00258. The van der Waals surface area contributed by atoms with Gasteiger partial charge in [-0.1, -0.05) is 48.5 Å². The van der Waals surface area contributed by atoms with Gasteiger partial charge in [0.05, 0.1) is 0 Å². The molecule has 1 fully saturated rings. The van der Waals surface area contributed by atoms with E-state index < -0.39 is 18.1 Å². The molecular formula is C25H28N2O5. The van der Waals surface area contributed by atoms with Crippen LogP contribution in [0.1, 0.15) is 43.2 Å². The van der Waals surface area contributed by atoms with Crippen LogP contribution in [0.4, 0.5) is 4.79 Å². The second kappa shape index (κ2) is 9.02. The molecule has 0 radical (unpaired) electrons. The number of carboxylic acid groups (broad SMARTS) is 1. The third kappa shape index (κ3) is 4.20. The first-order valence-corrected chi connectivity index (χ1v) is 11.0. The van der Waals surface area contributed by atoms with Gasteiger partial charge in [-0.15, -0.1) is 0 Å². The normalized spacial score (nSPS) is 20.2. The van der Waals surface area contributed by atoms with Crippen molar-refractivity contribution in [3.63, 3.8) is 0 Å². The van der Waals surface area contributed by atoms with Crippen LogP contribution in [0, 0.1) is 5.92 Å². The Morgan fingerprint density at radius 1 is 1.06 bits per heavy atom. The Morgan fingerprint density at radius 2 is 1.66 bits per heavy atom. The number of amides is 2. The minimum Gasteiger partial charge on any atom is -0.480 e. The number of aliphatic carboxylic acids is 1. The van der Waals surface area contributed by atoms with E-state index in [0.29, 0.717) is 19.3 Å². The number of benzene rings is 2. The molecule has 32 heavy (non-hydrogen) atoms. The highest BCUT2D eigenvalue weighted by atomic mass is 16.5. The summed E-state index contributed by atoms with van der Waals surface area (Å²) in [6, 6.07) is 15.3. The zero-order valence-corrected chi connectivity index (χ0v) is 18.3. The zero-order valence-electron chi connectivity index (χ0n) is 18.3. The number of fused-ring (bicyclic) bond motifs is 3. The molecule has 2 aromatic carbocycles. The molecule has 4 rings (SSSR count). The van der Waals surface area contributed by atoms with E-state index >= 15 is 0 Å². The van der Waals surface area contributed by atoms with Crippen molar-refractivity contribution in [2.24, 2.45) is 5.92 Å². The molecule has 2 aromatic rings. The Labute approximate surface area is 187 Å². The Balaban J connectivity index is 1.32. The Bertz CT molecular complexity index is 991. The van der Waals surface area contributed by atoms with Gasteiger partial charge in [-0.2, -0.15) is 0 Å². The number of carboxylic acids is 1. The van der Waals surface area contributed by atoms with Gasteiger partial charge in [-0.05, 0) is 48.4 Å². The van der Waals surface area contributed by atoms with E-state index in [1.165, 1.54) is 30.0 Å². The van der Waals surface area contributed by atoms with Crippen LogP contribution < -0.4 is 5.32 Å². The number of ether oxygens (including phenoxy) is 1. The van der Waals surface area contributed by atoms with Crippen LogP contribution in [0.25, 0.3) is 11.1 Å². The average molecular weight is 437 g/mol. The fourth-order valence-corrected chi connectivity index (χ4v) is 4.79. The van der Waals surface area contributed by atoms with Crippen molar-refractivity contribution in [2.75, 3.05) is 13.7 Å². The largest absolute Gasteiger partial charge is 0.480 e. The van der Waals surface area contributed by atoms with E-state index in [1.807, 2.05) is 24.3 Å². The molecule has 2 aliphatic carbocycles. The van der Waals surface area contributed by atoms with Crippen molar-refractivity contribution in [1.82, 2.24) is 10.2 Å². The lowest BCUT2D eigenvalue weighted by Crippen LogP contribution is -2.43. The summed E-state index contributed by atoms with van der Waals surface area (Å²) in [6.07, 6.45) is 1.27. The molecule has 0 spiro atoms. The maximum absolute atomic E-state index is 12.6. The number of nitrogens with zero attached hydrogens (tertiary/aromatic N) is 1. The SMILES string of the molecule is C[C@@H](C(=O)O)N(C)C(=O)[C@@H]1CC[C@H](NC(=O)OCC2c3ccccc3-c3ccccc32)C1. The molecule has 7 nitrogen and oxygen atoms in total. The Kier molecular flexibility index (Phi) is 6.17. The maximum atomic E-state index is 12.6. The summed E-state index contributed by atoms with van der Waals surface area (Å²) < 4.78 is 5.59. The molecule has 0 aromatic heterocycles. The molecule has 2 amide bonds. The summed E-state index contributed by atoms with van der Waals surface area (Å²) in [5.41, 5.74) is 4.66. The van der Waals surface area contributed by atoms with E-state index in [0.717, 1.165) is 11.1 Å². The average Bonchev–Trinajstić information content (AvgIpc) is 3.38. The smallest absolute Gasteiger partial charge is 0.407 e. The topological polar surface area (TPSA) is 95.9 Å². The summed E-state index contributed by atoms with van der Waals surface area (Å²) in [4.78, 5) is 37.5. The lowest BCUT2D eigenvalue weighted by Gasteiger charge is -2.24. The molecule has 7 heteroatoms. The molecular weight excluding hydrogens is 408 g/mol. The van der Waals surface area contributed by atoms with Gasteiger partial charge < -0.3 is 20.1 Å². The summed E-state index contributed by atoms with van der Waals surface area (Å²) >= 11 is 0. The van der Waals surface area contributed by atoms with Gasteiger partial charge >= 0.3 is 12.1 Å². The molecule has 168 valence electrons. The number of hydrogen-bond acceptors (Lipinski definition) is 4. The van der Waals surface area contributed by atoms with E-state index in [9.17, 15) is 14.4 Å². The van der Waals surface area contributed by atoms with Crippen LogP contribution in [-0.4, -0.2) is 53.7 Å². The molecule has 2 aliphatic rings. The Morgan fingerprint density at radius 3 is 2.25 bits per heavy atom. The van der Waals surface area contributed by atoms with Crippen LogP contribution in [0.2, 0.25) is 0 Å². The number of carbonyl (C=O) groups is 3. The maximum Gasteiger partial charge on any atom is 0.407 e. The first-order chi connectivity index (χ1) is 15.4. The molecule has 0 aliphatic heterocycles. The summed E-state index contributed by atoms with van der Waals surface area (Å²) in [5, 5.41) is 12.0. The van der Waals surface area contributed by atoms with Gasteiger partial charge in [0, 0.05) is 24.9 Å². The highest BCUT2D eigenvalue weighted by Gasteiger charge is 2.35. The van der Waals surface area contributed by atoms with E-state index in [2.05, 4.69) is 29.6 Å². The number of rotatable bonds is 6. The fraction of sp³-hybridized carbons (Fsp3) is 0.400. The molecule has 0 bridgehead atoms. The van der Waals surface area contributed by atoms with Crippen molar-refractivity contribution < 1.29 is 24.2 Å². The number of alkyl carbamates (subject to hydrolysis) is 1. The second-order valence-corrected chi connectivity index (χ2v) is 8.64. The lowest BCUT2D eigenvalue weighted by atomic mass is 9.98. The molecule has 0 heterocycles. The highest BCUT2D eigenvalue weighted by molar-refractivity contribution is 5.85. The monoisotopic (exact) mass is 436 g/mol. The quantitative estimate of drug-likeness (QED) is 0.721. The van der Waals surface area contributed by atoms with Crippen molar-refractivity contribution in [1.29, 1.82) is 0 Å². The van der Waals surface area contributed by atoms with E-state index in [-0.39, 0.29) is 30.4 Å². The van der Waals surface area contributed by atoms with Crippen molar-refractivity contribution in [3.8, 4) is 11.1 Å². The fourth-order valence-electron chi connectivity index (χ4n) is 4.79. The summed E-state index contributed by atoms with van der Waals surface area (Å²) in [7, 11) is 1.51. The van der Waals surface area contributed by atoms with Crippen molar-refractivity contribution in [2.45, 2.75) is 44.2 Å². The zero-order chi connectivity index (χ0) is 22.8. The second-order valence-electron chi connectivity index (χ2n) is 8.64. The van der Waals surface area contributed by atoms with Gasteiger partial charge in [-0.3, -0.25) is 4.79 Å². The van der Waals surface area contributed by atoms with E-state index in [1.54, 1.807) is 0 Å². The van der Waals surface area contributed by atoms with Crippen LogP contribution in [-0.2, 0) is 14.3 Å². The molecule has 3 atom stereocenters. The third-order valence-corrected chi connectivity index (χ3v) is 6.73. The first-order valence-electron chi connectivity index (χ1n) is 11.0. The van der Waals surface area contributed by atoms with E-state index in [4.69, 9.17) is 9.84 Å². The first kappa shape index (κ1) is 21.9. The molecule has 0 saturated heterocycles. The number of likely N-dealkylation sites (N-methyl/N-ethyl adjacent to an activating group) is 1. The predicted molar refractivity (Wildman–Crippen MR) is 119 cm³/mol. The van der Waals surface area contributed by atoms with Gasteiger partial charge in [0.1, 0.15) is 12.6 Å². The van der Waals surface area contributed by atoms with Crippen LogP contribution >= 0.6 is 0 Å². The third-order valence-electron chi connectivity index (χ3n) is 6.73. The standard InChI is InChI=1S/C25H28N2O5/c1-15(24(29)30)27(2)23(28)16-11-12-17(13-16)26-25(31)32-14-22-20-9-5-3-7-18(20)19-8-4-6-10-21(19)22/h3-10,15-17,22H,11-14H2,1-2H3,(H,26,31)(H,29,30)/t15-,16+,17-/m0/s1.